The summed E-state index contributed by atoms with van der Waals surface area (Å²) in [5.41, 5.74) is 0.986. The zero-order valence-electron chi connectivity index (χ0n) is 12.7. The molecular formula is C17H23NO3S. The van der Waals surface area contributed by atoms with Gasteiger partial charge in [-0.05, 0) is 37.2 Å². The third-order valence-electron chi connectivity index (χ3n) is 4.65. The molecule has 4 nitrogen and oxygen atoms in total. The van der Waals surface area contributed by atoms with Crippen LogP contribution in [0.4, 0.5) is 4.79 Å². The first-order valence-electron chi connectivity index (χ1n) is 8.06. The van der Waals surface area contributed by atoms with Crippen molar-refractivity contribution in [1.29, 1.82) is 0 Å². The quantitative estimate of drug-likeness (QED) is 0.927. The third-order valence-corrected chi connectivity index (χ3v) is 6.82. The van der Waals surface area contributed by atoms with Crippen LogP contribution in [0.15, 0.2) is 30.3 Å². The lowest BCUT2D eigenvalue weighted by Crippen LogP contribution is -2.43. The van der Waals surface area contributed by atoms with Crippen molar-refractivity contribution in [3.05, 3.63) is 35.9 Å². The van der Waals surface area contributed by atoms with E-state index in [0.717, 1.165) is 31.2 Å². The smallest absolute Gasteiger partial charge is 0.407 e. The fraction of sp³-hybridized carbons (Fsp3) is 0.588. The van der Waals surface area contributed by atoms with E-state index in [-0.39, 0.29) is 6.09 Å². The van der Waals surface area contributed by atoms with E-state index in [1.807, 2.05) is 30.3 Å². The molecule has 5 heteroatoms. The Labute approximate surface area is 134 Å². The number of hydrogen-bond acceptors (Lipinski definition) is 3. The first-order chi connectivity index (χ1) is 10.7. The highest BCUT2D eigenvalue weighted by molar-refractivity contribution is 7.86. The number of amides is 1. The molecule has 120 valence electrons. The van der Waals surface area contributed by atoms with Crippen LogP contribution >= 0.6 is 0 Å². The molecule has 0 saturated carbocycles. The van der Waals surface area contributed by atoms with Crippen LogP contribution in [0.2, 0.25) is 0 Å². The molecule has 1 N–H and O–H groups in total. The van der Waals surface area contributed by atoms with Crippen LogP contribution < -0.4 is 5.32 Å². The Bertz CT molecular complexity index is 518. The first kappa shape index (κ1) is 15.5. The number of fused-ring (bicyclic) bond motifs is 2. The fourth-order valence-electron chi connectivity index (χ4n) is 3.51. The van der Waals surface area contributed by atoms with Gasteiger partial charge in [-0.15, -0.1) is 0 Å². The van der Waals surface area contributed by atoms with Crippen molar-refractivity contribution in [3.63, 3.8) is 0 Å². The minimum Gasteiger partial charge on any atom is -0.445 e. The molecule has 2 aliphatic rings. The second-order valence-corrected chi connectivity index (χ2v) is 8.27. The summed E-state index contributed by atoms with van der Waals surface area (Å²) in [7, 11) is -0.643. The number of benzene rings is 1. The highest BCUT2D eigenvalue weighted by Crippen LogP contribution is 2.36. The Kier molecular flexibility index (Phi) is 5.13. The molecule has 2 saturated heterocycles. The summed E-state index contributed by atoms with van der Waals surface area (Å²) in [5.74, 6) is 0.442. The molecule has 2 heterocycles. The van der Waals surface area contributed by atoms with Crippen LogP contribution in [0.25, 0.3) is 0 Å². The highest BCUT2D eigenvalue weighted by atomic mass is 32.2. The standard InChI is InChI=1S/C17H23NO3S/c19-17(21-12-13-5-2-1-3-6-13)18-11-14-9-15-7-4-8-16(10-14)22(15)20/h1-3,5-6,14-16H,4,7-12H2,(H,18,19). The van der Waals surface area contributed by atoms with Crippen molar-refractivity contribution in [1.82, 2.24) is 5.32 Å². The van der Waals surface area contributed by atoms with Gasteiger partial charge in [-0.25, -0.2) is 4.79 Å². The average molecular weight is 321 g/mol. The van der Waals surface area contributed by atoms with Gasteiger partial charge in [-0.1, -0.05) is 36.8 Å². The maximum atomic E-state index is 12.1. The summed E-state index contributed by atoms with van der Waals surface area (Å²) in [5, 5.41) is 3.56. The molecule has 22 heavy (non-hydrogen) atoms. The zero-order chi connectivity index (χ0) is 15.4. The molecule has 3 rings (SSSR count). The monoisotopic (exact) mass is 321 g/mol. The van der Waals surface area contributed by atoms with Crippen molar-refractivity contribution >= 4 is 16.9 Å². The summed E-state index contributed by atoms with van der Waals surface area (Å²) in [6, 6.07) is 9.66. The van der Waals surface area contributed by atoms with Gasteiger partial charge in [0.25, 0.3) is 0 Å². The van der Waals surface area contributed by atoms with Crippen molar-refractivity contribution in [3.8, 4) is 0 Å². The lowest BCUT2D eigenvalue weighted by atomic mass is 9.89. The largest absolute Gasteiger partial charge is 0.445 e. The second kappa shape index (κ2) is 7.27. The van der Waals surface area contributed by atoms with Crippen LogP contribution in [-0.4, -0.2) is 27.3 Å². The number of carbonyl (C=O) groups excluding carboxylic acids is 1. The van der Waals surface area contributed by atoms with Gasteiger partial charge < -0.3 is 10.1 Å². The molecule has 2 unspecified atom stereocenters. The van der Waals surface area contributed by atoms with Crippen LogP contribution in [0.1, 0.15) is 37.7 Å². The van der Waals surface area contributed by atoms with Gasteiger partial charge in [-0.3, -0.25) is 4.21 Å². The Balaban J connectivity index is 1.41. The predicted octanol–water partition coefficient (Wildman–Crippen LogP) is 2.99. The summed E-state index contributed by atoms with van der Waals surface area (Å²) in [6.07, 6.45) is 4.96. The van der Waals surface area contributed by atoms with Crippen LogP contribution in [0.3, 0.4) is 0 Å². The molecule has 2 fully saturated rings. The van der Waals surface area contributed by atoms with Gasteiger partial charge in [0.15, 0.2) is 0 Å². The number of hydrogen-bond donors (Lipinski definition) is 1. The van der Waals surface area contributed by atoms with E-state index in [1.54, 1.807) is 0 Å². The van der Waals surface area contributed by atoms with E-state index in [9.17, 15) is 9.00 Å². The molecule has 0 aliphatic carbocycles. The summed E-state index contributed by atoms with van der Waals surface area (Å²) >= 11 is 0. The molecule has 0 aromatic heterocycles. The van der Waals surface area contributed by atoms with Gasteiger partial charge in [0.1, 0.15) is 6.61 Å². The van der Waals surface area contributed by atoms with Gasteiger partial charge in [0.2, 0.25) is 0 Å². The minimum atomic E-state index is -0.643. The van der Waals surface area contributed by atoms with E-state index in [0.29, 0.717) is 29.6 Å². The van der Waals surface area contributed by atoms with Crippen LogP contribution in [0.5, 0.6) is 0 Å². The molecule has 2 bridgehead atoms. The molecule has 2 atom stereocenters. The Morgan fingerprint density at radius 1 is 1.18 bits per heavy atom. The van der Waals surface area contributed by atoms with Crippen LogP contribution in [0, 0.1) is 5.92 Å². The number of carbonyl (C=O) groups is 1. The van der Waals surface area contributed by atoms with Crippen molar-refractivity contribution < 1.29 is 13.7 Å². The molecule has 0 spiro atoms. The average Bonchev–Trinajstić information content (AvgIpc) is 2.52. The van der Waals surface area contributed by atoms with E-state index < -0.39 is 10.8 Å². The van der Waals surface area contributed by atoms with Gasteiger partial charge in [-0.2, -0.15) is 0 Å². The maximum absolute atomic E-state index is 12.1. The SMILES string of the molecule is O=C(NCC1CC2CCCC(C1)S2=O)OCc1ccccc1. The third kappa shape index (κ3) is 3.88. The molecular weight excluding hydrogens is 298 g/mol. The van der Waals surface area contributed by atoms with Crippen molar-refractivity contribution in [2.75, 3.05) is 6.54 Å². The normalized spacial score (nSPS) is 30.5. The highest BCUT2D eigenvalue weighted by Gasteiger charge is 2.37. The van der Waals surface area contributed by atoms with E-state index in [1.165, 1.54) is 6.42 Å². The second-order valence-electron chi connectivity index (χ2n) is 6.28. The molecule has 1 aromatic carbocycles. The first-order valence-corrected chi connectivity index (χ1v) is 9.34. The lowest BCUT2D eigenvalue weighted by Gasteiger charge is -2.38. The number of alkyl carbamates (subject to hydrolysis) is 1. The summed E-state index contributed by atoms with van der Waals surface area (Å²) < 4.78 is 17.4. The topological polar surface area (TPSA) is 55.4 Å². The van der Waals surface area contributed by atoms with Crippen LogP contribution in [-0.2, 0) is 22.1 Å². The molecule has 1 aromatic rings. The summed E-state index contributed by atoms with van der Waals surface area (Å²) in [4.78, 5) is 11.8. The zero-order valence-corrected chi connectivity index (χ0v) is 13.5. The molecule has 0 radical (unpaired) electrons. The minimum absolute atomic E-state index is 0.298. The maximum Gasteiger partial charge on any atom is 0.407 e. The summed E-state index contributed by atoms with van der Waals surface area (Å²) in [6.45, 7) is 0.935. The number of nitrogens with one attached hydrogen (secondary N) is 1. The lowest BCUT2D eigenvalue weighted by molar-refractivity contribution is 0.137. The Hall–Kier alpha value is -1.36. The molecule has 2 aliphatic heterocycles. The van der Waals surface area contributed by atoms with Crippen molar-refractivity contribution in [2.24, 2.45) is 5.92 Å². The fourth-order valence-corrected chi connectivity index (χ4v) is 5.78. The van der Waals surface area contributed by atoms with E-state index in [2.05, 4.69) is 5.32 Å². The predicted molar refractivity (Wildman–Crippen MR) is 86.9 cm³/mol. The Morgan fingerprint density at radius 3 is 2.55 bits per heavy atom. The van der Waals surface area contributed by atoms with Gasteiger partial charge in [0, 0.05) is 27.8 Å². The van der Waals surface area contributed by atoms with Gasteiger partial charge >= 0.3 is 6.09 Å². The molecule has 1 amide bonds. The number of rotatable bonds is 4. The number of ether oxygens (including phenoxy) is 1. The van der Waals surface area contributed by atoms with Crippen molar-refractivity contribution in [2.45, 2.75) is 49.2 Å². The Morgan fingerprint density at radius 2 is 1.86 bits per heavy atom. The van der Waals surface area contributed by atoms with Gasteiger partial charge in [0.05, 0.1) is 0 Å². The van der Waals surface area contributed by atoms with E-state index >= 15 is 0 Å². The van der Waals surface area contributed by atoms with E-state index in [4.69, 9.17) is 4.74 Å².